The van der Waals surface area contributed by atoms with Crippen LogP contribution in [0, 0.1) is 5.92 Å². The molecule has 27 heavy (non-hydrogen) atoms. The molecule has 8 nitrogen and oxygen atoms in total. The van der Waals surface area contributed by atoms with E-state index in [0.29, 0.717) is 12.0 Å². The summed E-state index contributed by atoms with van der Waals surface area (Å²) in [6.07, 6.45) is -1.28. The number of ether oxygens (including phenoxy) is 2. The summed E-state index contributed by atoms with van der Waals surface area (Å²) in [6.45, 7) is 8.46. The Morgan fingerprint density at radius 3 is 2.26 bits per heavy atom. The predicted molar refractivity (Wildman–Crippen MR) is 98.6 cm³/mol. The lowest BCUT2D eigenvalue weighted by molar-refractivity contribution is -0.148. The second-order valence-electron chi connectivity index (χ2n) is 7.42. The number of carboxylic acid groups (broad SMARTS) is 1. The van der Waals surface area contributed by atoms with Crippen LogP contribution < -0.4 is 5.73 Å². The van der Waals surface area contributed by atoms with Gasteiger partial charge in [0.25, 0.3) is 0 Å². The predicted octanol–water partition coefficient (Wildman–Crippen LogP) is 2.79. The van der Waals surface area contributed by atoms with Gasteiger partial charge in [0.05, 0.1) is 0 Å². The Morgan fingerprint density at radius 2 is 1.78 bits per heavy atom. The molecule has 0 bridgehead atoms. The molecule has 1 aromatic carbocycles. The summed E-state index contributed by atoms with van der Waals surface area (Å²) in [5.74, 6) is -2.74. The number of hydrogen-bond acceptors (Lipinski definition) is 7. The second kappa shape index (κ2) is 8.47. The number of benzene rings is 1. The third kappa shape index (κ3) is 5.75. The molecule has 0 fully saturated rings. The smallest absolute Gasteiger partial charge is 0.504 e. The minimum atomic E-state index is -1.77. The van der Waals surface area contributed by atoms with Gasteiger partial charge in [-0.3, -0.25) is 4.79 Å². The fraction of sp³-hybridized carbons (Fsp3) is 0.579. The average Bonchev–Trinajstić information content (AvgIpc) is 2.56. The van der Waals surface area contributed by atoms with E-state index in [2.05, 4.69) is 0 Å². The summed E-state index contributed by atoms with van der Waals surface area (Å²) in [6, 6.07) is 3.97. The maximum absolute atomic E-state index is 12.0. The van der Waals surface area contributed by atoms with E-state index in [1.165, 1.54) is 18.2 Å². The van der Waals surface area contributed by atoms with Crippen molar-refractivity contribution in [1.82, 2.24) is 0 Å². The van der Waals surface area contributed by atoms with Crippen molar-refractivity contribution >= 4 is 12.1 Å². The fourth-order valence-corrected chi connectivity index (χ4v) is 2.44. The van der Waals surface area contributed by atoms with Gasteiger partial charge < -0.3 is 30.5 Å². The average molecular weight is 383 g/mol. The number of hydrogen-bond donors (Lipinski definition) is 4. The first-order chi connectivity index (χ1) is 12.3. The fourth-order valence-electron chi connectivity index (χ4n) is 2.44. The van der Waals surface area contributed by atoms with Gasteiger partial charge in [-0.05, 0) is 44.9 Å². The van der Waals surface area contributed by atoms with Crippen LogP contribution >= 0.6 is 0 Å². The van der Waals surface area contributed by atoms with E-state index in [0.717, 1.165) is 0 Å². The molecule has 0 spiro atoms. The van der Waals surface area contributed by atoms with E-state index in [-0.39, 0.29) is 17.9 Å². The highest BCUT2D eigenvalue weighted by molar-refractivity contribution is 5.79. The van der Waals surface area contributed by atoms with Gasteiger partial charge in [0.15, 0.2) is 11.5 Å². The summed E-state index contributed by atoms with van der Waals surface area (Å²) in [7, 11) is 0. The van der Waals surface area contributed by atoms with Gasteiger partial charge in [-0.2, -0.15) is 0 Å². The van der Waals surface area contributed by atoms with Crippen LogP contribution in [0.15, 0.2) is 18.2 Å². The van der Waals surface area contributed by atoms with Crippen LogP contribution in [0.5, 0.6) is 11.5 Å². The Morgan fingerprint density at radius 1 is 1.19 bits per heavy atom. The Labute approximate surface area is 158 Å². The number of phenolic OH excluding ortho intramolecular Hbond substituents is 2. The lowest BCUT2D eigenvalue weighted by Crippen LogP contribution is -2.58. The summed E-state index contributed by atoms with van der Waals surface area (Å²) < 4.78 is 10.5. The quantitative estimate of drug-likeness (QED) is 0.397. The van der Waals surface area contributed by atoms with Crippen LogP contribution in [0.25, 0.3) is 0 Å². The number of nitrogens with two attached hydrogens (primary N) is 1. The number of aliphatic carboxylic acids is 1. The minimum absolute atomic E-state index is 0.138. The molecule has 0 heterocycles. The molecule has 0 aromatic heterocycles. The highest BCUT2D eigenvalue weighted by Crippen LogP contribution is 2.30. The van der Waals surface area contributed by atoms with Gasteiger partial charge in [-0.25, -0.2) is 4.79 Å². The van der Waals surface area contributed by atoms with Crippen molar-refractivity contribution in [2.24, 2.45) is 11.7 Å². The van der Waals surface area contributed by atoms with Crippen molar-refractivity contribution < 1.29 is 34.4 Å². The molecule has 3 atom stereocenters. The Kier molecular flexibility index (Phi) is 7.08. The van der Waals surface area contributed by atoms with Crippen molar-refractivity contribution in [3.8, 4) is 11.5 Å². The molecule has 152 valence electrons. The summed E-state index contributed by atoms with van der Waals surface area (Å²) >= 11 is 0. The highest BCUT2D eigenvalue weighted by Gasteiger charge is 2.44. The Bertz CT molecular complexity index is 689. The first-order valence-electron chi connectivity index (χ1n) is 8.75. The van der Waals surface area contributed by atoms with Crippen LogP contribution in [-0.4, -0.2) is 44.7 Å². The van der Waals surface area contributed by atoms with Gasteiger partial charge in [0.2, 0.25) is 0 Å². The number of carbonyl (C=O) groups excluding carboxylic acids is 1. The van der Waals surface area contributed by atoms with Crippen LogP contribution in [0.2, 0.25) is 0 Å². The zero-order valence-electron chi connectivity index (χ0n) is 16.4. The molecule has 0 amide bonds. The molecule has 0 unspecified atom stereocenters. The first-order valence-corrected chi connectivity index (χ1v) is 8.75. The number of phenols is 2. The Balaban J connectivity index is 2.95. The topological polar surface area (TPSA) is 139 Å². The van der Waals surface area contributed by atoms with Crippen molar-refractivity contribution in [3.63, 3.8) is 0 Å². The number of carboxylic acids is 1. The van der Waals surface area contributed by atoms with Crippen molar-refractivity contribution in [3.05, 3.63) is 23.8 Å². The molecule has 0 radical (unpaired) electrons. The normalized spacial score (nSPS) is 16.1. The van der Waals surface area contributed by atoms with E-state index >= 15 is 0 Å². The lowest BCUT2D eigenvalue weighted by Gasteiger charge is -2.35. The zero-order chi connectivity index (χ0) is 21.0. The van der Waals surface area contributed by atoms with Gasteiger partial charge >= 0.3 is 12.1 Å². The van der Waals surface area contributed by atoms with E-state index in [1.807, 2.05) is 6.92 Å². The molecule has 0 aliphatic carbocycles. The summed E-state index contributed by atoms with van der Waals surface area (Å²) in [5.41, 5.74) is 4.11. The van der Waals surface area contributed by atoms with Crippen molar-refractivity contribution in [1.29, 1.82) is 0 Å². The van der Waals surface area contributed by atoms with Crippen molar-refractivity contribution in [2.75, 3.05) is 0 Å². The SMILES string of the molecule is CCC(C)(C)OC(=O)O[C@@H](C)[C@@H](C)[C@](N)(Cc1ccc(O)c(O)c1)C(=O)O. The van der Waals surface area contributed by atoms with Crippen molar-refractivity contribution in [2.45, 2.75) is 64.7 Å². The standard InChI is InChI=1S/C19H29NO7/c1-6-18(4,5)27-17(25)26-12(3)11(2)19(20,16(23)24)10-13-7-8-14(21)15(22)9-13/h7-9,11-12,21-22H,6,10,20H2,1-5H3,(H,23,24)/t11-,12+,19-/m1/s1. The molecule has 0 aliphatic rings. The van der Waals surface area contributed by atoms with Crippen LogP contribution in [0.4, 0.5) is 4.79 Å². The summed E-state index contributed by atoms with van der Waals surface area (Å²) in [5, 5.41) is 28.7. The maximum atomic E-state index is 12.0. The van der Waals surface area contributed by atoms with Gasteiger partial charge in [0.1, 0.15) is 17.2 Å². The number of rotatable bonds is 8. The molecular formula is C19H29NO7. The Hall–Kier alpha value is -2.48. The van der Waals surface area contributed by atoms with E-state index in [9.17, 15) is 24.9 Å². The molecule has 0 aliphatic heterocycles. The highest BCUT2D eigenvalue weighted by atomic mass is 16.7. The molecule has 0 saturated heterocycles. The molecule has 5 N–H and O–H groups in total. The van der Waals surface area contributed by atoms with E-state index < -0.39 is 35.3 Å². The van der Waals surface area contributed by atoms with E-state index in [1.54, 1.807) is 27.7 Å². The molecule has 1 aromatic rings. The van der Waals surface area contributed by atoms with E-state index in [4.69, 9.17) is 15.2 Å². The van der Waals surface area contributed by atoms with Gasteiger partial charge in [-0.15, -0.1) is 0 Å². The number of carbonyl (C=O) groups is 2. The number of aromatic hydroxyl groups is 2. The lowest BCUT2D eigenvalue weighted by atomic mass is 9.78. The van der Waals surface area contributed by atoms with Crippen LogP contribution in [0.1, 0.15) is 46.6 Å². The second-order valence-corrected chi connectivity index (χ2v) is 7.42. The van der Waals surface area contributed by atoms with Crippen LogP contribution in [0.3, 0.4) is 0 Å². The van der Waals surface area contributed by atoms with Gasteiger partial charge in [-0.1, -0.05) is 19.9 Å². The largest absolute Gasteiger partial charge is 0.509 e. The summed E-state index contributed by atoms with van der Waals surface area (Å²) in [4.78, 5) is 23.9. The first kappa shape index (κ1) is 22.6. The third-order valence-corrected chi connectivity index (χ3v) is 4.94. The molecule has 0 saturated carbocycles. The molecule has 8 heteroatoms. The monoisotopic (exact) mass is 383 g/mol. The minimum Gasteiger partial charge on any atom is -0.504 e. The third-order valence-electron chi connectivity index (χ3n) is 4.94. The molecular weight excluding hydrogens is 354 g/mol. The zero-order valence-corrected chi connectivity index (χ0v) is 16.4. The molecule has 1 rings (SSSR count). The maximum Gasteiger partial charge on any atom is 0.509 e. The van der Waals surface area contributed by atoms with Crippen LogP contribution in [-0.2, 0) is 20.7 Å². The van der Waals surface area contributed by atoms with Gasteiger partial charge in [0, 0.05) is 12.3 Å².